The second-order valence-electron chi connectivity index (χ2n) is 5.60. The molecule has 114 valence electrons. The van der Waals surface area contributed by atoms with E-state index in [-0.39, 0.29) is 17.3 Å². The Morgan fingerprint density at radius 2 is 2.10 bits per heavy atom. The number of nitrogens with zero attached hydrogens (tertiary/aromatic N) is 1. The SMILES string of the molecule is CC1CCN(C(=O)Nc2cc(C(=O)O)ccc2F)C(C)C1. The van der Waals surface area contributed by atoms with E-state index in [9.17, 15) is 14.0 Å². The van der Waals surface area contributed by atoms with E-state index >= 15 is 0 Å². The van der Waals surface area contributed by atoms with E-state index in [4.69, 9.17) is 5.11 Å². The summed E-state index contributed by atoms with van der Waals surface area (Å²) in [6.07, 6.45) is 1.82. The number of nitrogens with one attached hydrogen (secondary N) is 1. The number of aromatic carboxylic acids is 1. The molecule has 2 amide bonds. The van der Waals surface area contributed by atoms with Crippen LogP contribution in [0.2, 0.25) is 0 Å². The largest absolute Gasteiger partial charge is 0.478 e. The summed E-state index contributed by atoms with van der Waals surface area (Å²) in [6.45, 7) is 4.72. The molecule has 1 aliphatic heterocycles. The maximum atomic E-state index is 13.7. The van der Waals surface area contributed by atoms with Crippen LogP contribution in [0.1, 0.15) is 37.0 Å². The van der Waals surface area contributed by atoms with Gasteiger partial charge in [0.05, 0.1) is 11.3 Å². The summed E-state index contributed by atoms with van der Waals surface area (Å²) in [7, 11) is 0. The van der Waals surface area contributed by atoms with Gasteiger partial charge in [-0.05, 0) is 43.9 Å². The van der Waals surface area contributed by atoms with Crippen LogP contribution in [-0.4, -0.2) is 34.6 Å². The van der Waals surface area contributed by atoms with Gasteiger partial charge >= 0.3 is 12.0 Å². The second-order valence-corrected chi connectivity index (χ2v) is 5.60. The van der Waals surface area contributed by atoms with E-state index in [0.29, 0.717) is 12.5 Å². The van der Waals surface area contributed by atoms with Crippen LogP contribution in [-0.2, 0) is 0 Å². The summed E-state index contributed by atoms with van der Waals surface area (Å²) < 4.78 is 13.7. The predicted octanol–water partition coefficient (Wildman–Crippen LogP) is 3.18. The van der Waals surface area contributed by atoms with Gasteiger partial charge in [-0.3, -0.25) is 0 Å². The molecule has 1 fully saturated rings. The molecule has 0 aromatic heterocycles. The highest BCUT2D eigenvalue weighted by Crippen LogP contribution is 2.24. The number of piperidine rings is 1. The van der Waals surface area contributed by atoms with E-state index in [1.807, 2.05) is 6.92 Å². The Labute approximate surface area is 122 Å². The molecule has 2 rings (SSSR count). The molecule has 2 unspecified atom stereocenters. The molecule has 21 heavy (non-hydrogen) atoms. The van der Waals surface area contributed by atoms with Gasteiger partial charge < -0.3 is 15.3 Å². The van der Waals surface area contributed by atoms with Gasteiger partial charge in [-0.2, -0.15) is 0 Å². The smallest absolute Gasteiger partial charge is 0.335 e. The Bertz CT molecular complexity index is 562. The van der Waals surface area contributed by atoms with E-state index in [1.54, 1.807) is 4.90 Å². The fraction of sp³-hybridized carbons (Fsp3) is 0.467. The number of hydrogen-bond acceptors (Lipinski definition) is 2. The number of halogens is 1. The number of carboxylic acid groups (broad SMARTS) is 1. The van der Waals surface area contributed by atoms with E-state index in [1.165, 1.54) is 6.07 Å². The molecule has 1 aliphatic rings. The summed E-state index contributed by atoms with van der Waals surface area (Å²) in [5.74, 6) is -1.24. The van der Waals surface area contributed by atoms with Crippen molar-refractivity contribution >= 4 is 17.7 Å². The molecule has 1 aromatic carbocycles. The van der Waals surface area contributed by atoms with Crippen LogP contribution >= 0.6 is 0 Å². The molecule has 1 aromatic rings. The van der Waals surface area contributed by atoms with Gasteiger partial charge in [0, 0.05) is 12.6 Å². The molecule has 0 radical (unpaired) electrons. The van der Waals surface area contributed by atoms with E-state index in [0.717, 1.165) is 25.0 Å². The van der Waals surface area contributed by atoms with Crippen molar-refractivity contribution in [1.82, 2.24) is 4.90 Å². The normalized spacial score (nSPS) is 22.0. The lowest BCUT2D eigenvalue weighted by Gasteiger charge is -2.36. The van der Waals surface area contributed by atoms with E-state index in [2.05, 4.69) is 12.2 Å². The van der Waals surface area contributed by atoms with Crippen LogP contribution in [0.5, 0.6) is 0 Å². The quantitative estimate of drug-likeness (QED) is 0.880. The third-order valence-corrected chi connectivity index (χ3v) is 3.85. The molecule has 0 aliphatic carbocycles. The maximum Gasteiger partial charge on any atom is 0.335 e. The monoisotopic (exact) mass is 294 g/mol. The summed E-state index contributed by atoms with van der Waals surface area (Å²) in [5, 5.41) is 11.4. The van der Waals surface area contributed by atoms with Gasteiger partial charge in [0.15, 0.2) is 0 Å². The number of urea groups is 1. The average Bonchev–Trinajstić information content (AvgIpc) is 2.40. The van der Waals surface area contributed by atoms with Gasteiger partial charge in [-0.15, -0.1) is 0 Å². The Kier molecular flexibility index (Phi) is 4.45. The molecule has 0 spiro atoms. The minimum atomic E-state index is -1.16. The Hall–Kier alpha value is -2.11. The molecular weight excluding hydrogens is 275 g/mol. The van der Waals surface area contributed by atoms with Crippen LogP contribution in [0, 0.1) is 11.7 Å². The Morgan fingerprint density at radius 1 is 1.38 bits per heavy atom. The lowest BCUT2D eigenvalue weighted by molar-refractivity contribution is 0.0696. The fourth-order valence-corrected chi connectivity index (χ4v) is 2.65. The first-order chi connectivity index (χ1) is 9.88. The molecule has 1 heterocycles. The Balaban J connectivity index is 2.12. The topological polar surface area (TPSA) is 69.6 Å². The highest BCUT2D eigenvalue weighted by Gasteiger charge is 2.27. The number of amides is 2. The first-order valence-electron chi connectivity index (χ1n) is 6.99. The first-order valence-corrected chi connectivity index (χ1v) is 6.99. The van der Waals surface area contributed by atoms with Gasteiger partial charge in [-0.1, -0.05) is 6.92 Å². The molecule has 5 nitrogen and oxygen atoms in total. The minimum absolute atomic E-state index is 0.0629. The summed E-state index contributed by atoms with van der Waals surface area (Å²) in [6, 6.07) is 3.03. The van der Waals surface area contributed by atoms with Gasteiger partial charge in [0.2, 0.25) is 0 Å². The number of carboxylic acids is 1. The van der Waals surface area contributed by atoms with Crippen molar-refractivity contribution in [2.24, 2.45) is 5.92 Å². The molecule has 0 bridgehead atoms. The van der Waals surface area contributed by atoms with Crippen molar-refractivity contribution < 1.29 is 19.1 Å². The van der Waals surface area contributed by atoms with Crippen molar-refractivity contribution in [2.45, 2.75) is 32.7 Å². The molecule has 2 atom stereocenters. The molecule has 2 N–H and O–H groups in total. The van der Waals surface area contributed by atoms with Crippen LogP contribution in [0.25, 0.3) is 0 Å². The van der Waals surface area contributed by atoms with Crippen molar-refractivity contribution in [2.75, 3.05) is 11.9 Å². The Morgan fingerprint density at radius 3 is 2.71 bits per heavy atom. The maximum absolute atomic E-state index is 13.7. The molecule has 0 saturated carbocycles. The minimum Gasteiger partial charge on any atom is -0.478 e. The number of carbonyl (C=O) groups is 2. The third-order valence-electron chi connectivity index (χ3n) is 3.85. The second kappa shape index (κ2) is 6.11. The summed E-state index contributed by atoms with van der Waals surface area (Å²) in [5.41, 5.74) is -0.169. The fourth-order valence-electron chi connectivity index (χ4n) is 2.65. The summed E-state index contributed by atoms with van der Waals surface area (Å²) in [4.78, 5) is 24.8. The van der Waals surface area contributed by atoms with Crippen molar-refractivity contribution in [1.29, 1.82) is 0 Å². The molecule has 6 heteroatoms. The highest BCUT2D eigenvalue weighted by atomic mass is 19.1. The number of anilines is 1. The van der Waals surface area contributed by atoms with E-state index < -0.39 is 17.8 Å². The van der Waals surface area contributed by atoms with Crippen molar-refractivity contribution in [3.05, 3.63) is 29.6 Å². The number of benzene rings is 1. The first kappa shape index (κ1) is 15.3. The zero-order valence-electron chi connectivity index (χ0n) is 12.1. The molecular formula is C15H19FN2O3. The van der Waals surface area contributed by atoms with Crippen LogP contribution < -0.4 is 5.32 Å². The number of likely N-dealkylation sites (tertiary alicyclic amines) is 1. The molecule has 1 saturated heterocycles. The number of rotatable bonds is 2. The van der Waals surface area contributed by atoms with Crippen LogP contribution in [0.15, 0.2) is 18.2 Å². The van der Waals surface area contributed by atoms with Gasteiger partial charge in [0.25, 0.3) is 0 Å². The van der Waals surface area contributed by atoms with Crippen LogP contribution in [0.3, 0.4) is 0 Å². The predicted molar refractivity (Wildman–Crippen MR) is 76.9 cm³/mol. The van der Waals surface area contributed by atoms with Gasteiger partial charge in [0.1, 0.15) is 5.82 Å². The average molecular weight is 294 g/mol. The zero-order chi connectivity index (χ0) is 15.6. The van der Waals surface area contributed by atoms with Crippen LogP contribution in [0.4, 0.5) is 14.9 Å². The number of hydrogen-bond donors (Lipinski definition) is 2. The number of carbonyl (C=O) groups excluding carboxylic acids is 1. The van der Waals surface area contributed by atoms with Crippen molar-refractivity contribution in [3.63, 3.8) is 0 Å². The highest BCUT2D eigenvalue weighted by molar-refractivity contribution is 5.93. The summed E-state index contributed by atoms with van der Waals surface area (Å²) >= 11 is 0. The lowest BCUT2D eigenvalue weighted by atomic mass is 9.94. The zero-order valence-corrected chi connectivity index (χ0v) is 12.1. The lowest BCUT2D eigenvalue weighted by Crippen LogP contribution is -2.46. The van der Waals surface area contributed by atoms with Gasteiger partial charge in [-0.25, -0.2) is 14.0 Å². The van der Waals surface area contributed by atoms with Crippen molar-refractivity contribution in [3.8, 4) is 0 Å². The standard InChI is InChI=1S/C15H19FN2O3/c1-9-5-6-18(10(2)7-9)15(21)17-13-8-11(14(19)20)3-4-12(13)16/h3-4,8-10H,5-7H2,1-2H3,(H,17,21)(H,19,20). The third kappa shape index (κ3) is 3.51.